The van der Waals surface area contributed by atoms with Gasteiger partial charge < -0.3 is 15.2 Å². The van der Waals surface area contributed by atoms with Crippen LogP contribution in [0.4, 0.5) is 0 Å². The summed E-state index contributed by atoms with van der Waals surface area (Å²) in [7, 11) is 1.56. The molecule has 0 aliphatic heterocycles. The van der Waals surface area contributed by atoms with Gasteiger partial charge in [0, 0.05) is 22.3 Å². The molecule has 0 fully saturated rings. The Morgan fingerprint density at radius 1 is 1.38 bits per heavy atom. The van der Waals surface area contributed by atoms with Gasteiger partial charge in [-0.15, -0.1) is 11.3 Å². The highest BCUT2D eigenvalue weighted by Crippen LogP contribution is 2.35. The summed E-state index contributed by atoms with van der Waals surface area (Å²) < 4.78 is 5.82. The number of aromatic hydroxyl groups is 1. The fourth-order valence-corrected chi connectivity index (χ4v) is 3.65. The SMILES string of the molecule is COc1cc(CNC(C)Cc2ccc(C)s2)cc(Br)c1O. The Labute approximate surface area is 138 Å². The van der Waals surface area contributed by atoms with Gasteiger partial charge >= 0.3 is 0 Å². The molecule has 0 saturated carbocycles. The quantitative estimate of drug-likeness (QED) is 0.799. The van der Waals surface area contributed by atoms with E-state index < -0.39 is 0 Å². The fraction of sp³-hybridized carbons (Fsp3) is 0.375. The summed E-state index contributed by atoms with van der Waals surface area (Å²) in [6, 6.07) is 8.51. The van der Waals surface area contributed by atoms with Gasteiger partial charge in [0.15, 0.2) is 11.5 Å². The van der Waals surface area contributed by atoms with Crippen LogP contribution in [0.15, 0.2) is 28.7 Å². The molecule has 3 nitrogen and oxygen atoms in total. The predicted octanol–water partition coefficient (Wildman–Crippen LogP) is 4.25. The van der Waals surface area contributed by atoms with Crippen LogP contribution in [-0.4, -0.2) is 18.3 Å². The van der Waals surface area contributed by atoms with Gasteiger partial charge in [0.25, 0.3) is 0 Å². The van der Waals surface area contributed by atoms with E-state index >= 15 is 0 Å². The first-order chi connectivity index (χ1) is 9.99. The minimum absolute atomic E-state index is 0.142. The number of phenolic OH excluding ortho intramolecular Hbond substituents is 1. The van der Waals surface area contributed by atoms with Gasteiger partial charge in [0.2, 0.25) is 0 Å². The summed E-state index contributed by atoms with van der Waals surface area (Å²) in [4.78, 5) is 2.75. The molecule has 5 heteroatoms. The van der Waals surface area contributed by atoms with Crippen molar-refractivity contribution in [2.45, 2.75) is 32.9 Å². The Bertz CT molecular complexity index is 612. The van der Waals surface area contributed by atoms with Crippen LogP contribution in [0.1, 0.15) is 22.2 Å². The molecular weight excluding hydrogens is 350 g/mol. The number of phenols is 1. The van der Waals surface area contributed by atoms with Gasteiger partial charge in [0.1, 0.15) is 0 Å². The third kappa shape index (κ3) is 4.46. The second-order valence-corrected chi connectivity index (χ2v) is 7.35. The monoisotopic (exact) mass is 369 g/mol. The fourth-order valence-electron chi connectivity index (χ4n) is 2.15. The zero-order valence-corrected chi connectivity index (χ0v) is 14.8. The predicted molar refractivity (Wildman–Crippen MR) is 91.4 cm³/mol. The number of halogens is 1. The number of methoxy groups -OCH3 is 1. The average Bonchev–Trinajstić information content (AvgIpc) is 2.85. The number of benzene rings is 1. The zero-order valence-electron chi connectivity index (χ0n) is 12.4. The molecule has 1 aromatic carbocycles. The van der Waals surface area contributed by atoms with Crippen LogP contribution in [0.25, 0.3) is 0 Å². The standard InChI is InChI=1S/C16H20BrNO2S/c1-10(6-13-5-4-11(2)21-13)18-9-12-7-14(17)16(19)15(8-12)20-3/h4-5,7-8,10,18-19H,6,9H2,1-3H3. The van der Waals surface area contributed by atoms with Crippen molar-refractivity contribution < 1.29 is 9.84 Å². The first-order valence-electron chi connectivity index (χ1n) is 6.83. The average molecular weight is 370 g/mol. The highest BCUT2D eigenvalue weighted by Gasteiger charge is 2.10. The Hall–Kier alpha value is -1.04. The first kappa shape index (κ1) is 16.3. The molecule has 0 radical (unpaired) electrons. The van der Waals surface area contributed by atoms with Gasteiger partial charge in [-0.2, -0.15) is 0 Å². The van der Waals surface area contributed by atoms with Crippen LogP contribution >= 0.6 is 27.3 Å². The van der Waals surface area contributed by atoms with Crippen LogP contribution in [0, 0.1) is 6.92 Å². The largest absolute Gasteiger partial charge is 0.503 e. The van der Waals surface area contributed by atoms with Gasteiger partial charge in [-0.25, -0.2) is 0 Å². The number of ether oxygens (including phenoxy) is 1. The minimum atomic E-state index is 0.142. The van der Waals surface area contributed by atoms with E-state index in [-0.39, 0.29) is 5.75 Å². The normalized spacial score (nSPS) is 12.4. The van der Waals surface area contributed by atoms with Crippen LogP contribution in [0.2, 0.25) is 0 Å². The summed E-state index contributed by atoms with van der Waals surface area (Å²) in [5.41, 5.74) is 1.07. The lowest BCUT2D eigenvalue weighted by atomic mass is 10.1. The van der Waals surface area contributed by atoms with Crippen molar-refractivity contribution in [2.24, 2.45) is 0 Å². The molecule has 1 unspecified atom stereocenters. The van der Waals surface area contributed by atoms with E-state index in [1.807, 2.05) is 23.5 Å². The van der Waals surface area contributed by atoms with Crippen molar-refractivity contribution >= 4 is 27.3 Å². The van der Waals surface area contributed by atoms with Crippen LogP contribution in [0.3, 0.4) is 0 Å². The third-order valence-corrected chi connectivity index (χ3v) is 4.89. The lowest BCUT2D eigenvalue weighted by molar-refractivity contribution is 0.371. The van der Waals surface area contributed by atoms with Crippen molar-refractivity contribution in [2.75, 3.05) is 7.11 Å². The minimum Gasteiger partial charge on any atom is -0.503 e. The molecule has 0 aliphatic rings. The lowest BCUT2D eigenvalue weighted by Gasteiger charge is -2.14. The van der Waals surface area contributed by atoms with Crippen molar-refractivity contribution in [3.8, 4) is 11.5 Å². The molecule has 2 rings (SSSR count). The highest BCUT2D eigenvalue weighted by molar-refractivity contribution is 9.10. The number of aryl methyl sites for hydroxylation is 1. The molecule has 2 N–H and O–H groups in total. The number of hydrogen-bond acceptors (Lipinski definition) is 4. The van der Waals surface area contributed by atoms with Crippen molar-refractivity contribution in [3.05, 3.63) is 44.1 Å². The second kappa shape index (κ2) is 7.29. The summed E-state index contributed by atoms with van der Waals surface area (Å²) in [5, 5.41) is 13.3. The first-order valence-corrected chi connectivity index (χ1v) is 8.44. The molecule has 21 heavy (non-hydrogen) atoms. The molecule has 0 spiro atoms. The zero-order chi connectivity index (χ0) is 15.4. The smallest absolute Gasteiger partial charge is 0.172 e. The van der Waals surface area contributed by atoms with E-state index in [2.05, 4.69) is 47.2 Å². The van der Waals surface area contributed by atoms with E-state index in [9.17, 15) is 5.11 Å². The summed E-state index contributed by atoms with van der Waals surface area (Å²) in [5.74, 6) is 0.631. The van der Waals surface area contributed by atoms with E-state index in [0.29, 0.717) is 16.3 Å². The lowest BCUT2D eigenvalue weighted by Crippen LogP contribution is -2.27. The molecule has 0 aliphatic carbocycles. The van der Waals surface area contributed by atoms with Gasteiger partial charge in [-0.05, 0) is 66.0 Å². The molecule has 0 saturated heterocycles. The van der Waals surface area contributed by atoms with Crippen LogP contribution in [0.5, 0.6) is 11.5 Å². The summed E-state index contributed by atoms with van der Waals surface area (Å²) >= 11 is 5.19. The maximum Gasteiger partial charge on any atom is 0.172 e. The summed E-state index contributed by atoms with van der Waals surface area (Å²) in [6.07, 6.45) is 1.02. The van der Waals surface area contributed by atoms with Gasteiger partial charge in [-0.3, -0.25) is 0 Å². The number of hydrogen-bond donors (Lipinski definition) is 2. The molecule has 0 amide bonds. The van der Waals surface area contributed by atoms with Crippen molar-refractivity contribution in [3.63, 3.8) is 0 Å². The summed E-state index contributed by atoms with van der Waals surface area (Å²) in [6.45, 7) is 5.05. The number of rotatable bonds is 6. The molecule has 1 heterocycles. The Kier molecular flexibility index (Phi) is 5.67. The molecule has 1 atom stereocenters. The Morgan fingerprint density at radius 2 is 2.14 bits per heavy atom. The highest BCUT2D eigenvalue weighted by atomic mass is 79.9. The second-order valence-electron chi connectivity index (χ2n) is 5.13. The van der Waals surface area contributed by atoms with E-state index in [4.69, 9.17) is 4.74 Å². The van der Waals surface area contributed by atoms with Crippen molar-refractivity contribution in [1.82, 2.24) is 5.32 Å². The maximum absolute atomic E-state index is 9.81. The molecule has 0 bridgehead atoms. The molecule has 114 valence electrons. The van der Waals surface area contributed by atoms with E-state index in [1.54, 1.807) is 7.11 Å². The van der Waals surface area contributed by atoms with Gasteiger partial charge in [-0.1, -0.05) is 0 Å². The van der Waals surface area contributed by atoms with E-state index in [0.717, 1.165) is 18.5 Å². The van der Waals surface area contributed by atoms with Gasteiger partial charge in [0.05, 0.1) is 11.6 Å². The topological polar surface area (TPSA) is 41.5 Å². The molecule has 1 aromatic heterocycles. The maximum atomic E-state index is 9.81. The van der Waals surface area contributed by atoms with Crippen LogP contribution in [-0.2, 0) is 13.0 Å². The Morgan fingerprint density at radius 3 is 2.76 bits per heavy atom. The number of thiophene rings is 1. The molecule has 2 aromatic rings. The third-order valence-electron chi connectivity index (χ3n) is 3.27. The van der Waals surface area contributed by atoms with Crippen LogP contribution < -0.4 is 10.1 Å². The van der Waals surface area contributed by atoms with Crippen molar-refractivity contribution in [1.29, 1.82) is 0 Å². The van der Waals surface area contributed by atoms with E-state index in [1.165, 1.54) is 9.75 Å². The molecular formula is C16H20BrNO2S. The number of nitrogens with one attached hydrogen (secondary N) is 1. The Balaban J connectivity index is 1.94.